The van der Waals surface area contributed by atoms with Gasteiger partial charge < -0.3 is 10.1 Å². The summed E-state index contributed by atoms with van der Waals surface area (Å²) in [5, 5.41) is 2.56. The Morgan fingerprint density at radius 1 is 1.50 bits per heavy atom. The van der Waals surface area contributed by atoms with Gasteiger partial charge in [0.05, 0.1) is 13.0 Å². The highest BCUT2D eigenvalue weighted by atomic mass is 16.5. The van der Waals surface area contributed by atoms with Gasteiger partial charge in [-0.25, -0.2) is 0 Å². The molecule has 0 aromatic heterocycles. The number of ether oxygens (including phenoxy) is 1. The van der Waals surface area contributed by atoms with Crippen LogP contribution in [0.2, 0.25) is 0 Å². The first-order valence-electron chi connectivity index (χ1n) is 4.89. The molecule has 0 saturated heterocycles. The molecule has 0 aliphatic rings. The third-order valence-electron chi connectivity index (χ3n) is 1.80. The summed E-state index contributed by atoms with van der Waals surface area (Å²) in [5.74, 6) is -0.266. The predicted molar refractivity (Wildman–Crippen MR) is 53.8 cm³/mol. The molecule has 0 atom stereocenters. The maximum absolute atomic E-state index is 11.2. The molecule has 1 amide bonds. The van der Waals surface area contributed by atoms with E-state index in [1.54, 1.807) is 13.8 Å². The number of carbonyl (C=O) groups excluding carboxylic acids is 2. The summed E-state index contributed by atoms with van der Waals surface area (Å²) in [5.41, 5.74) is -0.523. The quantitative estimate of drug-likeness (QED) is 0.383. The number of rotatable bonds is 7. The minimum Gasteiger partial charge on any atom is -0.466 e. The van der Waals surface area contributed by atoms with Gasteiger partial charge in [-0.15, -0.1) is 0 Å². The van der Waals surface area contributed by atoms with Crippen LogP contribution in [0.4, 0.5) is 0 Å². The van der Waals surface area contributed by atoms with Gasteiger partial charge in [0.2, 0.25) is 6.41 Å². The van der Waals surface area contributed by atoms with Crippen LogP contribution in [0, 0.1) is 0 Å². The van der Waals surface area contributed by atoms with Gasteiger partial charge in [0.1, 0.15) is 0 Å². The van der Waals surface area contributed by atoms with Crippen LogP contribution in [0.15, 0.2) is 0 Å². The van der Waals surface area contributed by atoms with E-state index in [-0.39, 0.29) is 12.4 Å². The zero-order valence-corrected chi connectivity index (χ0v) is 9.13. The Morgan fingerprint density at radius 3 is 2.64 bits per heavy atom. The molecule has 0 aromatic rings. The van der Waals surface area contributed by atoms with Gasteiger partial charge in [0.15, 0.2) is 0 Å². The molecule has 4 heteroatoms. The lowest BCUT2D eigenvalue weighted by Gasteiger charge is -2.22. The first-order valence-corrected chi connectivity index (χ1v) is 4.89. The summed E-state index contributed by atoms with van der Waals surface area (Å²) in [6.45, 7) is 6.06. The normalized spacial score (nSPS) is 10.8. The van der Waals surface area contributed by atoms with E-state index in [1.807, 2.05) is 6.92 Å². The fourth-order valence-corrected chi connectivity index (χ4v) is 0.953. The number of hydrogen-bond donors (Lipinski definition) is 1. The number of amides is 1. The van der Waals surface area contributed by atoms with Crippen molar-refractivity contribution >= 4 is 12.4 Å². The zero-order valence-electron chi connectivity index (χ0n) is 9.13. The molecule has 14 heavy (non-hydrogen) atoms. The van der Waals surface area contributed by atoms with Crippen LogP contribution >= 0.6 is 0 Å². The Labute approximate surface area is 85.0 Å². The van der Waals surface area contributed by atoms with Gasteiger partial charge >= 0.3 is 5.97 Å². The van der Waals surface area contributed by atoms with Crippen molar-refractivity contribution in [3.8, 4) is 0 Å². The lowest BCUT2D eigenvalue weighted by molar-refractivity contribution is -0.145. The van der Waals surface area contributed by atoms with E-state index in [1.165, 1.54) is 0 Å². The summed E-state index contributed by atoms with van der Waals surface area (Å²) in [6, 6.07) is 0. The second-order valence-electron chi connectivity index (χ2n) is 3.90. The van der Waals surface area contributed by atoms with Gasteiger partial charge in [-0.1, -0.05) is 13.3 Å². The van der Waals surface area contributed by atoms with Gasteiger partial charge in [-0.3, -0.25) is 9.59 Å². The van der Waals surface area contributed by atoms with Crippen LogP contribution in [-0.4, -0.2) is 24.5 Å². The highest BCUT2D eigenvalue weighted by Gasteiger charge is 2.21. The highest BCUT2D eigenvalue weighted by Crippen LogP contribution is 2.08. The average molecular weight is 201 g/mol. The second-order valence-corrected chi connectivity index (χ2v) is 3.90. The van der Waals surface area contributed by atoms with E-state index in [2.05, 4.69) is 5.32 Å². The highest BCUT2D eigenvalue weighted by molar-refractivity contribution is 5.71. The number of nitrogens with one attached hydrogen (secondary N) is 1. The van der Waals surface area contributed by atoms with Crippen LogP contribution in [0.5, 0.6) is 0 Å². The SMILES string of the molecule is CCCCOC(=O)CC(C)(C)NC=O. The van der Waals surface area contributed by atoms with E-state index >= 15 is 0 Å². The Bertz CT molecular complexity index is 190. The topological polar surface area (TPSA) is 55.4 Å². The van der Waals surface area contributed by atoms with E-state index < -0.39 is 5.54 Å². The summed E-state index contributed by atoms with van der Waals surface area (Å²) >= 11 is 0. The van der Waals surface area contributed by atoms with Crippen molar-refractivity contribution in [2.75, 3.05) is 6.61 Å². The van der Waals surface area contributed by atoms with Gasteiger partial charge in [0.25, 0.3) is 0 Å². The molecule has 0 radical (unpaired) electrons. The Hall–Kier alpha value is -1.06. The van der Waals surface area contributed by atoms with Gasteiger partial charge in [-0.2, -0.15) is 0 Å². The van der Waals surface area contributed by atoms with Crippen molar-refractivity contribution in [2.45, 2.75) is 45.6 Å². The van der Waals surface area contributed by atoms with Gasteiger partial charge in [-0.05, 0) is 20.3 Å². The molecule has 4 nitrogen and oxygen atoms in total. The molecule has 0 aromatic carbocycles. The minimum absolute atomic E-state index is 0.204. The summed E-state index contributed by atoms with van der Waals surface area (Å²) in [6.07, 6.45) is 2.69. The molecule has 82 valence electrons. The lowest BCUT2D eigenvalue weighted by atomic mass is 10.0. The Morgan fingerprint density at radius 2 is 2.14 bits per heavy atom. The lowest BCUT2D eigenvalue weighted by Crippen LogP contribution is -2.40. The fourth-order valence-electron chi connectivity index (χ4n) is 0.953. The molecule has 0 aliphatic carbocycles. The number of carbonyl (C=O) groups is 2. The third kappa shape index (κ3) is 6.46. The monoisotopic (exact) mass is 201 g/mol. The van der Waals surface area contributed by atoms with Gasteiger partial charge in [0, 0.05) is 5.54 Å². The van der Waals surface area contributed by atoms with E-state index in [9.17, 15) is 9.59 Å². The molecule has 1 N–H and O–H groups in total. The standard InChI is InChI=1S/C10H19NO3/c1-4-5-6-14-9(13)7-10(2,3)11-8-12/h8H,4-7H2,1-3H3,(H,11,12). The molecule has 0 saturated carbocycles. The van der Waals surface area contributed by atoms with Crippen LogP contribution in [0.1, 0.15) is 40.0 Å². The molecule has 0 fully saturated rings. The Balaban J connectivity index is 3.75. The molecule has 0 spiro atoms. The number of unbranched alkanes of at least 4 members (excludes halogenated alkanes) is 1. The number of hydrogen-bond acceptors (Lipinski definition) is 3. The van der Waals surface area contributed by atoms with Crippen LogP contribution < -0.4 is 5.32 Å². The average Bonchev–Trinajstić information content (AvgIpc) is 2.03. The van der Waals surface area contributed by atoms with Crippen molar-refractivity contribution in [1.82, 2.24) is 5.32 Å². The largest absolute Gasteiger partial charge is 0.466 e. The van der Waals surface area contributed by atoms with Crippen molar-refractivity contribution in [1.29, 1.82) is 0 Å². The van der Waals surface area contributed by atoms with E-state index in [4.69, 9.17) is 4.74 Å². The first-order chi connectivity index (χ1) is 6.52. The van der Waals surface area contributed by atoms with Crippen molar-refractivity contribution in [3.63, 3.8) is 0 Å². The molecule has 0 aliphatic heterocycles. The predicted octanol–water partition coefficient (Wildman–Crippen LogP) is 1.24. The maximum atomic E-state index is 11.2. The minimum atomic E-state index is -0.523. The molecule has 0 heterocycles. The zero-order chi connectivity index (χ0) is 11.0. The second kappa shape index (κ2) is 6.40. The fraction of sp³-hybridized carbons (Fsp3) is 0.800. The summed E-state index contributed by atoms with van der Waals surface area (Å²) in [4.78, 5) is 21.4. The number of esters is 1. The molecule has 0 unspecified atom stereocenters. The van der Waals surface area contributed by atoms with E-state index in [0.29, 0.717) is 13.0 Å². The smallest absolute Gasteiger partial charge is 0.308 e. The van der Waals surface area contributed by atoms with Crippen molar-refractivity contribution in [2.24, 2.45) is 0 Å². The third-order valence-corrected chi connectivity index (χ3v) is 1.80. The summed E-state index contributed by atoms with van der Waals surface area (Å²) < 4.78 is 4.97. The first kappa shape index (κ1) is 12.9. The van der Waals surface area contributed by atoms with E-state index in [0.717, 1.165) is 12.8 Å². The Kier molecular flexibility index (Phi) is 5.92. The van der Waals surface area contributed by atoms with Crippen molar-refractivity contribution in [3.05, 3.63) is 0 Å². The van der Waals surface area contributed by atoms with Crippen LogP contribution in [-0.2, 0) is 14.3 Å². The molecular weight excluding hydrogens is 182 g/mol. The summed E-state index contributed by atoms with van der Waals surface area (Å²) in [7, 11) is 0. The molecular formula is C10H19NO3. The van der Waals surface area contributed by atoms with Crippen LogP contribution in [0.3, 0.4) is 0 Å². The van der Waals surface area contributed by atoms with Crippen LogP contribution in [0.25, 0.3) is 0 Å². The molecule has 0 bridgehead atoms. The molecule has 0 rings (SSSR count). The van der Waals surface area contributed by atoms with Crippen molar-refractivity contribution < 1.29 is 14.3 Å². The maximum Gasteiger partial charge on any atom is 0.308 e.